The molecule has 4 nitrogen and oxygen atoms in total. The molecule has 0 aromatic carbocycles. The Morgan fingerprint density at radius 1 is 1.37 bits per heavy atom. The summed E-state index contributed by atoms with van der Waals surface area (Å²) in [5.41, 5.74) is 1.64. The molecule has 4 heteroatoms. The van der Waals surface area contributed by atoms with Crippen molar-refractivity contribution in [1.29, 1.82) is 0 Å². The first-order chi connectivity index (χ1) is 8.73. The summed E-state index contributed by atoms with van der Waals surface area (Å²) in [6.45, 7) is 11.8. The zero-order valence-corrected chi connectivity index (χ0v) is 12.9. The molecule has 1 N–H and O–H groups in total. The van der Waals surface area contributed by atoms with Crippen LogP contribution in [0.15, 0.2) is 12.1 Å². The highest BCUT2D eigenvalue weighted by atomic mass is 16.2. The summed E-state index contributed by atoms with van der Waals surface area (Å²) < 4.78 is 0. The van der Waals surface area contributed by atoms with Crippen LogP contribution >= 0.6 is 0 Å². The van der Waals surface area contributed by atoms with Crippen molar-refractivity contribution in [2.24, 2.45) is 5.41 Å². The lowest BCUT2D eigenvalue weighted by atomic mass is 9.96. The van der Waals surface area contributed by atoms with Crippen LogP contribution in [0.3, 0.4) is 0 Å². The Morgan fingerprint density at radius 2 is 2.00 bits per heavy atom. The summed E-state index contributed by atoms with van der Waals surface area (Å²) in [6, 6.07) is 3.65. The van der Waals surface area contributed by atoms with E-state index < -0.39 is 0 Å². The van der Waals surface area contributed by atoms with Crippen molar-refractivity contribution in [1.82, 2.24) is 9.88 Å². The second-order valence-electron chi connectivity index (χ2n) is 6.13. The van der Waals surface area contributed by atoms with Crippen molar-refractivity contribution in [3.63, 3.8) is 0 Å². The summed E-state index contributed by atoms with van der Waals surface area (Å²) in [6.07, 6.45) is 0. The number of pyridine rings is 1. The normalized spacial score (nSPS) is 11.3. The topological polar surface area (TPSA) is 45.2 Å². The maximum atomic E-state index is 12.4. The standard InChI is InChI=1S/C15H25N3O/c1-7-16-13-9-12(8-11(2)17-13)14(19)18(6)10-15(3,4)5/h8-9H,7,10H2,1-6H3,(H,16,17). The Kier molecular flexibility index (Phi) is 4.92. The van der Waals surface area contributed by atoms with Crippen molar-refractivity contribution < 1.29 is 4.79 Å². The van der Waals surface area contributed by atoms with Gasteiger partial charge >= 0.3 is 0 Å². The number of hydrogen-bond donors (Lipinski definition) is 1. The van der Waals surface area contributed by atoms with Crippen LogP contribution in [-0.2, 0) is 0 Å². The summed E-state index contributed by atoms with van der Waals surface area (Å²) in [7, 11) is 1.84. The average Bonchev–Trinajstić information content (AvgIpc) is 2.25. The molecule has 1 amide bonds. The van der Waals surface area contributed by atoms with E-state index in [1.54, 1.807) is 4.90 Å². The van der Waals surface area contributed by atoms with E-state index in [1.807, 2.05) is 33.0 Å². The molecule has 0 fully saturated rings. The van der Waals surface area contributed by atoms with Gasteiger partial charge in [0.25, 0.3) is 5.91 Å². The highest BCUT2D eigenvalue weighted by Gasteiger charge is 2.19. The van der Waals surface area contributed by atoms with E-state index in [0.29, 0.717) is 5.56 Å². The molecule has 0 saturated carbocycles. The SMILES string of the molecule is CCNc1cc(C(=O)N(C)CC(C)(C)C)cc(C)n1. The van der Waals surface area contributed by atoms with Gasteiger partial charge in [0.1, 0.15) is 5.82 Å². The summed E-state index contributed by atoms with van der Waals surface area (Å²) in [5.74, 6) is 0.801. The molecule has 1 heterocycles. The molecule has 0 aliphatic carbocycles. The zero-order chi connectivity index (χ0) is 14.6. The highest BCUT2D eigenvalue weighted by Crippen LogP contribution is 2.17. The number of carbonyl (C=O) groups is 1. The fourth-order valence-corrected chi connectivity index (χ4v) is 2.07. The highest BCUT2D eigenvalue weighted by molar-refractivity contribution is 5.94. The lowest BCUT2D eigenvalue weighted by Gasteiger charge is -2.26. The van der Waals surface area contributed by atoms with E-state index in [0.717, 1.165) is 24.6 Å². The second-order valence-corrected chi connectivity index (χ2v) is 6.13. The minimum Gasteiger partial charge on any atom is -0.370 e. The van der Waals surface area contributed by atoms with Crippen molar-refractivity contribution in [2.75, 3.05) is 25.5 Å². The largest absolute Gasteiger partial charge is 0.370 e. The molecule has 0 aliphatic heterocycles. The number of amides is 1. The van der Waals surface area contributed by atoms with Gasteiger partial charge in [-0.2, -0.15) is 0 Å². The molecule has 106 valence electrons. The molecule has 1 aromatic heterocycles. The van der Waals surface area contributed by atoms with Crippen LogP contribution in [0.2, 0.25) is 0 Å². The molecular formula is C15H25N3O. The second kappa shape index (κ2) is 6.04. The van der Waals surface area contributed by atoms with E-state index >= 15 is 0 Å². The number of carbonyl (C=O) groups excluding carboxylic acids is 1. The molecule has 19 heavy (non-hydrogen) atoms. The van der Waals surface area contributed by atoms with Gasteiger partial charge < -0.3 is 10.2 Å². The molecule has 0 spiro atoms. The zero-order valence-electron chi connectivity index (χ0n) is 12.9. The lowest BCUT2D eigenvalue weighted by Crippen LogP contribution is -2.34. The number of nitrogens with one attached hydrogen (secondary N) is 1. The van der Waals surface area contributed by atoms with Crippen molar-refractivity contribution in [3.05, 3.63) is 23.4 Å². The third-order valence-electron chi connectivity index (χ3n) is 2.62. The number of rotatable bonds is 4. The Hall–Kier alpha value is -1.58. The predicted molar refractivity (Wildman–Crippen MR) is 79.6 cm³/mol. The maximum Gasteiger partial charge on any atom is 0.253 e. The first-order valence-corrected chi connectivity index (χ1v) is 6.71. The van der Waals surface area contributed by atoms with Crippen molar-refractivity contribution in [2.45, 2.75) is 34.6 Å². The van der Waals surface area contributed by atoms with E-state index in [2.05, 4.69) is 31.1 Å². The third kappa shape index (κ3) is 4.89. The molecule has 1 rings (SSSR count). The lowest BCUT2D eigenvalue weighted by molar-refractivity contribution is 0.0745. The fourth-order valence-electron chi connectivity index (χ4n) is 2.07. The first kappa shape index (κ1) is 15.5. The van der Waals surface area contributed by atoms with Gasteiger partial charge in [-0.25, -0.2) is 4.98 Å². The fraction of sp³-hybridized carbons (Fsp3) is 0.600. The molecule has 0 radical (unpaired) electrons. The summed E-state index contributed by atoms with van der Waals surface area (Å²) >= 11 is 0. The molecule has 0 unspecified atom stereocenters. The van der Waals surface area contributed by atoms with Crippen LogP contribution in [-0.4, -0.2) is 35.9 Å². The summed E-state index contributed by atoms with van der Waals surface area (Å²) in [5, 5.41) is 3.15. The van der Waals surface area contributed by atoms with Gasteiger partial charge in [-0.15, -0.1) is 0 Å². The van der Waals surface area contributed by atoms with Crippen LogP contribution in [0, 0.1) is 12.3 Å². The number of aromatic nitrogens is 1. The molecule has 0 aliphatic rings. The third-order valence-corrected chi connectivity index (χ3v) is 2.62. The number of aryl methyl sites for hydroxylation is 1. The van der Waals surface area contributed by atoms with Crippen LogP contribution in [0.4, 0.5) is 5.82 Å². The molecular weight excluding hydrogens is 238 g/mol. The predicted octanol–water partition coefficient (Wildman–Crippen LogP) is 2.94. The van der Waals surface area contributed by atoms with E-state index in [9.17, 15) is 4.79 Å². The Labute approximate surface area is 116 Å². The maximum absolute atomic E-state index is 12.4. The number of anilines is 1. The van der Waals surface area contributed by atoms with E-state index in [4.69, 9.17) is 0 Å². The molecule has 1 aromatic rings. The minimum atomic E-state index is 0.0413. The monoisotopic (exact) mass is 263 g/mol. The van der Waals surface area contributed by atoms with E-state index in [1.165, 1.54) is 0 Å². The van der Waals surface area contributed by atoms with Gasteiger partial charge in [-0.3, -0.25) is 4.79 Å². The van der Waals surface area contributed by atoms with E-state index in [-0.39, 0.29) is 11.3 Å². The van der Waals surface area contributed by atoms with Gasteiger partial charge in [0.15, 0.2) is 0 Å². The minimum absolute atomic E-state index is 0.0413. The molecule has 0 saturated heterocycles. The Bertz CT molecular complexity index is 449. The quantitative estimate of drug-likeness (QED) is 0.908. The van der Waals surface area contributed by atoms with Crippen LogP contribution in [0.1, 0.15) is 43.7 Å². The van der Waals surface area contributed by atoms with Crippen LogP contribution in [0.25, 0.3) is 0 Å². The van der Waals surface area contributed by atoms with Crippen LogP contribution < -0.4 is 5.32 Å². The van der Waals surface area contributed by atoms with Crippen LogP contribution in [0.5, 0.6) is 0 Å². The van der Waals surface area contributed by atoms with Crippen molar-refractivity contribution in [3.8, 4) is 0 Å². The molecule has 0 atom stereocenters. The Balaban J connectivity index is 2.92. The smallest absolute Gasteiger partial charge is 0.253 e. The van der Waals surface area contributed by atoms with Gasteiger partial charge in [0.05, 0.1) is 0 Å². The summed E-state index contributed by atoms with van der Waals surface area (Å²) in [4.78, 5) is 18.5. The molecule has 0 bridgehead atoms. The van der Waals surface area contributed by atoms with Gasteiger partial charge in [0.2, 0.25) is 0 Å². The van der Waals surface area contributed by atoms with Gasteiger partial charge in [0, 0.05) is 31.4 Å². The van der Waals surface area contributed by atoms with Gasteiger partial charge in [-0.05, 0) is 31.4 Å². The van der Waals surface area contributed by atoms with Gasteiger partial charge in [-0.1, -0.05) is 20.8 Å². The number of hydrogen-bond acceptors (Lipinski definition) is 3. The Morgan fingerprint density at radius 3 is 2.53 bits per heavy atom. The first-order valence-electron chi connectivity index (χ1n) is 6.71. The van der Waals surface area contributed by atoms with Crippen molar-refractivity contribution >= 4 is 11.7 Å². The number of nitrogens with zero attached hydrogens (tertiary/aromatic N) is 2. The average molecular weight is 263 g/mol.